The Balaban J connectivity index is 2.11. The van der Waals surface area contributed by atoms with E-state index >= 15 is 0 Å². The molecule has 0 fully saturated rings. The van der Waals surface area contributed by atoms with Crippen LogP contribution in [-0.4, -0.2) is 39.9 Å². The Morgan fingerprint density at radius 2 is 2.17 bits per heavy atom. The summed E-state index contributed by atoms with van der Waals surface area (Å²) in [6.07, 6.45) is 3.08. The van der Waals surface area contributed by atoms with Gasteiger partial charge in [-0.15, -0.1) is 10.2 Å². The molecule has 4 aromatic rings. The first-order chi connectivity index (χ1) is 8.84. The Hall–Kier alpha value is -3.04. The lowest BCUT2D eigenvalue weighted by Crippen LogP contribution is -1.95. The number of H-pyrrole nitrogens is 1. The largest absolute Gasteiger partial charge is 0.379 e. The fourth-order valence-corrected chi connectivity index (χ4v) is 1.75. The molecule has 0 unspecified atom stereocenters. The topological polar surface area (TPSA) is 137 Å². The predicted molar refractivity (Wildman–Crippen MR) is 58.1 cm³/mol. The van der Waals surface area contributed by atoms with Gasteiger partial charge in [0.1, 0.15) is 11.8 Å². The highest BCUT2D eigenvalue weighted by Crippen LogP contribution is 2.22. The van der Waals surface area contributed by atoms with E-state index in [0.717, 1.165) is 0 Å². The van der Waals surface area contributed by atoms with Crippen LogP contribution in [0.1, 0.15) is 0 Å². The van der Waals surface area contributed by atoms with Crippen molar-refractivity contribution >= 4 is 22.6 Å². The molecule has 3 N–H and O–H groups in total. The van der Waals surface area contributed by atoms with Crippen molar-refractivity contribution in [1.29, 1.82) is 0 Å². The number of rotatable bonds is 1. The summed E-state index contributed by atoms with van der Waals surface area (Å²) in [5.41, 5.74) is 7.78. The molecule has 10 nitrogen and oxygen atoms in total. The second-order valence-corrected chi connectivity index (χ2v) is 3.56. The molecule has 0 spiro atoms. The summed E-state index contributed by atoms with van der Waals surface area (Å²) in [7, 11) is 0. The van der Waals surface area contributed by atoms with Gasteiger partial charge in [-0.05, 0) is 10.3 Å². The molecule has 4 aromatic heterocycles. The molecule has 0 saturated carbocycles. The summed E-state index contributed by atoms with van der Waals surface area (Å²) in [6.45, 7) is 0. The second-order valence-electron chi connectivity index (χ2n) is 3.56. The Labute approximate surface area is 97.8 Å². The van der Waals surface area contributed by atoms with Gasteiger partial charge in [0.25, 0.3) is 0 Å². The third-order valence-electron chi connectivity index (χ3n) is 2.56. The number of nitrogens with one attached hydrogen (secondary N) is 1. The second kappa shape index (κ2) is 3.00. The Morgan fingerprint density at radius 1 is 1.22 bits per heavy atom. The summed E-state index contributed by atoms with van der Waals surface area (Å²) in [5.74, 6) is 0.557. The number of anilines is 1. The molecule has 0 radical (unpaired) electrons. The lowest BCUT2D eigenvalue weighted by molar-refractivity contribution is 0.310. The van der Waals surface area contributed by atoms with Crippen molar-refractivity contribution in [1.82, 2.24) is 39.9 Å². The summed E-state index contributed by atoms with van der Waals surface area (Å²) < 4.78 is 6.18. The van der Waals surface area contributed by atoms with Crippen LogP contribution in [0.15, 0.2) is 17.3 Å². The lowest BCUT2D eigenvalue weighted by Gasteiger charge is -1.95. The van der Waals surface area contributed by atoms with E-state index in [0.29, 0.717) is 28.3 Å². The van der Waals surface area contributed by atoms with Crippen LogP contribution in [0.3, 0.4) is 0 Å². The Kier molecular flexibility index (Phi) is 1.51. The van der Waals surface area contributed by atoms with E-state index in [4.69, 9.17) is 5.73 Å². The normalized spacial score (nSPS) is 11.6. The number of nitrogen functional groups attached to an aromatic ring is 1. The number of imidazole rings is 1. The first-order valence-electron chi connectivity index (χ1n) is 4.96. The van der Waals surface area contributed by atoms with Crippen molar-refractivity contribution in [3.8, 4) is 11.5 Å². The minimum absolute atomic E-state index is 0.147. The molecule has 0 aliphatic rings. The summed E-state index contributed by atoms with van der Waals surface area (Å²) in [6, 6.07) is 0. The van der Waals surface area contributed by atoms with Crippen LogP contribution in [0.25, 0.3) is 28.3 Å². The SMILES string of the molecule is Nc1nonc1-c1nnc2c3[nH]cnc3ncn12. The van der Waals surface area contributed by atoms with Crippen LogP contribution in [0.4, 0.5) is 5.82 Å². The highest BCUT2D eigenvalue weighted by Gasteiger charge is 2.18. The zero-order valence-corrected chi connectivity index (χ0v) is 8.77. The van der Waals surface area contributed by atoms with Crippen LogP contribution < -0.4 is 5.73 Å². The number of nitrogens with two attached hydrogens (primary N) is 1. The van der Waals surface area contributed by atoms with Gasteiger partial charge in [-0.3, -0.25) is 4.40 Å². The van der Waals surface area contributed by atoms with E-state index in [1.165, 1.54) is 6.33 Å². The van der Waals surface area contributed by atoms with Crippen LogP contribution in [0.2, 0.25) is 0 Å². The number of hydrogen-bond donors (Lipinski definition) is 2. The lowest BCUT2D eigenvalue weighted by atomic mass is 10.4. The molecule has 18 heavy (non-hydrogen) atoms. The van der Waals surface area contributed by atoms with Crippen LogP contribution >= 0.6 is 0 Å². The molecular weight excluding hydrogens is 238 g/mol. The van der Waals surface area contributed by atoms with Gasteiger partial charge in [0, 0.05) is 0 Å². The Bertz CT molecular complexity index is 856. The summed E-state index contributed by atoms with van der Waals surface area (Å²) in [4.78, 5) is 11.2. The number of aromatic nitrogens is 8. The maximum Gasteiger partial charge on any atom is 0.199 e. The highest BCUT2D eigenvalue weighted by molar-refractivity contribution is 5.85. The van der Waals surface area contributed by atoms with Crippen LogP contribution in [0, 0.1) is 0 Å². The maximum atomic E-state index is 5.63. The van der Waals surface area contributed by atoms with E-state index in [1.807, 2.05) is 0 Å². The van der Waals surface area contributed by atoms with E-state index in [-0.39, 0.29) is 5.82 Å². The molecule has 0 amide bonds. The molecule has 0 aromatic carbocycles. The maximum absolute atomic E-state index is 5.63. The number of hydrogen-bond acceptors (Lipinski definition) is 8. The van der Waals surface area contributed by atoms with Crippen molar-refractivity contribution in [3.63, 3.8) is 0 Å². The molecule has 4 rings (SSSR count). The molecule has 0 atom stereocenters. The van der Waals surface area contributed by atoms with Crippen molar-refractivity contribution < 1.29 is 4.63 Å². The summed E-state index contributed by atoms with van der Waals surface area (Å²) in [5, 5.41) is 15.3. The van der Waals surface area contributed by atoms with E-state index in [1.54, 1.807) is 10.7 Å². The zero-order chi connectivity index (χ0) is 12.1. The van der Waals surface area contributed by atoms with Crippen molar-refractivity contribution in [2.45, 2.75) is 0 Å². The van der Waals surface area contributed by atoms with Crippen LogP contribution in [-0.2, 0) is 0 Å². The Morgan fingerprint density at radius 3 is 3.00 bits per heavy atom. The minimum Gasteiger partial charge on any atom is -0.379 e. The quantitative estimate of drug-likeness (QED) is 0.462. The van der Waals surface area contributed by atoms with Gasteiger partial charge in [-0.1, -0.05) is 0 Å². The average Bonchev–Trinajstić information content (AvgIpc) is 3.04. The fraction of sp³-hybridized carbons (Fsp3) is 0. The zero-order valence-electron chi connectivity index (χ0n) is 8.77. The fourth-order valence-electron chi connectivity index (χ4n) is 1.75. The van der Waals surface area contributed by atoms with Crippen molar-refractivity contribution in [2.24, 2.45) is 0 Å². The van der Waals surface area contributed by atoms with Gasteiger partial charge >= 0.3 is 0 Å². The van der Waals surface area contributed by atoms with E-state index in [9.17, 15) is 0 Å². The van der Waals surface area contributed by atoms with Gasteiger partial charge in [-0.2, -0.15) is 0 Å². The van der Waals surface area contributed by atoms with E-state index in [2.05, 4.69) is 40.1 Å². The molecule has 0 aliphatic heterocycles. The van der Waals surface area contributed by atoms with E-state index < -0.39 is 0 Å². The molecule has 4 heterocycles. The minimum atomic E-state index is 0.147. The summed E-state index contributed by atoms with van der Waals surface area (Å²) >= 11 is 0. The number of nitrogens with zero attached hydrogens (tertiary/aromatic N) is 7. The molecule has 88 valence electrons. The average molecular weight is 243 g/mol. The molecule has 10 heteroatoms. The van der Waals surface area contributed by atoms with Crippen molar-refractivity contribution in [2.75, 3.05) is 5.73 Å². The van der Waals surface area contributed by atoms with Gasteiger partial charge in [0.2, 0.25) is 0 Å². The molecule has 0 saturated heterocycles. The van der Waals surface area contributed by atoms with Crippen LogP contribution in [0.5, 0.6) is 0 Å². The number of fused-ring (bicyclic) bond motifs is 3. The van der Waals surface area contributed by atoms with Crippen molar-refractivity contribution in [3.05, 3.63) is 12.7 Å². The van der Waals surface area contributed by atoms with Gasteiger partial charge in [0.05, 0.1) is 6.33 Å². The predicted octanol–water partition coefficient (Wildman–Crippen LogP) is -0.367. The monoisotopic (exact) mass is 243 g/mol. The highest BCUT2D eigenvalue weighted by atomic mass is 16.6. The third-order valence-corrected chi connectivity index (χ3v) is 2.56. The van der Waals surface area contributed by atoms with Gasteiger partial charge in [0.15, 0.2) is 28.6 Å². The molecule has 0 bridgehead atoms. The van der Waals surface area contributed by atoms with Gasteiger partial charge in [-0.25, -0.2) is 14.6 Å². The third kappa shape index (κ3) is 1.00. The first-order valence-corrected chi connectivity index (χ1v) is 4.96. The smallest absolute Gasteiger partial charge is 0.199 e. The molecular formula is C8H5N9O. The standard InChI is InChI=1S/C8H5N9O/c9-5-3(15-18-16-5)7-13-14-8-4-6(11-1-10-4)12-2-17(7)8/h1-2H,(H2,9,16)(H,10,11). The number of aromatic amines is 1. The van der Waals surface area contributed by atoms with Gasteiger partial charge < -0.3 is 10.7 Å². The first kappa shape index (κ1) is 9.04. The molecule has 0 aliphatic carbocycles.